The van der Waals surface area contributed by atoms with Crippen molar-refractivity contribution in [2.75, 3.05) is 7.11 Å². The number of nitrogens with one attached hydrogen (secondary N) is 1. The second-order valence-electron chi connectivity index (χ2n) is 4.81. The first kappa shape index (κ1) is 17.0. The highest BCUT2D eigenvalue weighted by Gasteiger charge is 2.20. The van der Waals surface area contributed by atoms with Crippen LogP contribution >= 0.6 is 15.9 Å². The molecule has 2 aromatic carbocycles. The van der Waals surface area contributed by atoms with Gasteiger partial charge in [0.1, 0.15) is 5.75 Å². The maximum absolute atomic E-state index is 12.5. The van der Waals surface area contributed by atoms with Gasteiger partial charge in [-0.25, -0.2) is 13.1 Å². The molecule has 0 aromatic heterocycles. The number of hydrogen-bond donors (Lipinski definition) is 1. The van der Waals surface area contributed by atoms with E-state index in [-0.39, 0.29) is 10.9 Å². The molecule has 0 saturated carbocycles. The second kappa shape index (κ2) is 7.26. The Morgan fingerprint density at radius 3 is 2.18 bits per heavy atom. The highest BCUT2D eigenvalue weighted by molar-refractivity contribution is 9.10. The number of hydrogen-bond acceptors (Lipinski definition) is 3. The van der Waals surface area contributed by atoms with Crippen LogP contribution in [0.25, 0.3) is 0 Å². The average molecular weight is 384 g/mol. The molecule has 2 rings (SSSR count). The van der Waals surface area contributed by atoms with Crippen molar-refractivity contribution in [1.82, 2.24) is 4.72 Å². The molecule has 0 saturated heterocycles. The van der Waals surface area contributed by atoms with E-state index < -0.39 is 10.0 Å². The number of ether oxygens (including phenoxy) is 1. The zero-order valence-electron chi connectivity index (χ0n) is 12.4. The summed E-state index contributed by atoms with van der Waals surface area (Å²) in [6.45, 7) is 1.95. The Balaban J connectivity index is 2.23. The van der Waals surface area contributed by atoms with Crippen LogP contribution in [0.3, 0.4) is 0 Å². The first-order valence-electron chi connectivity index (χ1n) is 6.88. The molecule has 2 aromatic rings. The quantitative estimate of drug-likeness (QED) is 0.822. The van der Waals surface area contributed by atoms with Gasteiger partial charge in [0.25, 0.3) is 0 Å². The van der Waals surface area contributed by atoms with Crippen molar-refractivity contribution >= 4 is 26.0 Å². The lowest BCUT2D eigenvalue weighted by molar-refractivity contribution is 0.414. The zero-order valence-corrected chi connectivity index (χ0v) is 14.8. The SMILES string of the molecule is CCC(NS(=O)(=O)c1ccc(OC)cc1)c1ccc(Br)cc1. The third-order valence-corrected chi connectivity index (χ3v) is 5.36. The predicted molar refractivity (Wildman–Crippen MR) is 90.5 cm³/mol. The molecular weight excluding hydrogens is 366 g/mol. The lowest BCUT2D eigenvalue weighted by Gasteiger charge is -2.18. The highest BCUT2D eigenvalue weighted by atomic mass is 79.9. The standard InChI is InChI=1S/C16H18BrNO3S/c1-3-16(12-4-6-13(17)7-5-12)18-22(19,20)15-10-8-14(21-2)9-11-15/h4-11,16,18H,3H2,1-2H3. The summed E-state index contributed by atoms with van der Waals surface area (Å²) in [6, 6.07) is 13.7. The molecular formula is C16H18BrNO3S. The molecule has 0 bridgehead atoms. The molecule has 0 heterocycles. The van der Waals surface area contributed by atoms with Crippen molar-refractivity contribution < 1.29 is 13.2 Å². The Hall–Kier alpha value is -1.37. The van der Waals surface area contributed by atoms with E-state index in [1.54, 1.807) is 19.2 Å². The van der Waals surface area contributed by atoms with E-state index in [0.29, 0.717) is 12.2 Å². The molecule has 1 unspecified atom stereocenters. The molecule has 0 aliphatic heterocycles. The highest BCUT2D eigenvalue weighted by Crippen LogP contribution is 2.23. The minimum absolute atomic E-state index is 0.226. The lowest BCUT2D eigenvalue weighted by Crippen LogP contribution is -2.28. The van der Waals surface area contributed by atoms with Crippen LogP contribution in [0.2, 0.25) is 0 Å². The maximum atomic E-state index is 12.5. The largest absolute Gasteiger partial charge is 0.497 e. The van der Waals surface area contributed by atoms with Gasteiger partial charge in [0.2, 0.25) is 10.0 Å². The first-order valence-corrected chi connectivity index (χ1v) is 9.15. The average Bonchev–Trinajstić information content (AvgIpc) is 2.53. The fourth-order valence-corrected chi connectivity index (χ4v) is 3.66. The van der Waals surface area contributed by atoms with Crippen LogP contribution in [0, 0.1) is 0 Å². The van der Waals surface area contributed by atoms with Crippen LogP contribution in [0.1, 0.15) is 24.9 Å². The van der Waals surface area contributed by atoms with Gasteiger partial charge in [-0.2, -0.15) is 0 Å². The normalized spacial score (nSPS) is 12.9. The Labute approximate surface area is 139 Å². The van der Waals surface area contributed by atoms with Crippen LogP contribution in [-0.4, -0.2) is 15.5 Å². The molecule has 6 heteroatoms. The number of halogens is 1. The molecule has 0 radical (unpaired) electrons. The molecule has 1 N–H and O–H groups in total. The Kier molecular flexibility index (Phi) is 5.61. The fourth-order valence-electron chi connectivity index (χ4n) is 2.09. The maximum Gasteiger partial charge on any atom is 0.241 e. The topological polar surface area (TPSA) is 55.4 Å². The Morgan fingerprint density at radius 2 is 1.68 bits per heavy atom. The van der Waals surface area contributed by atoms with Gasteiger partial charge < -0.3 is 4.74 Å². The van der Waals surface area contributed by atoms with Crippen LogP contribution in [0.4, 0.5) is 0 Å². The minimum atomic E-state index is -3.57. The zero-order chi connectivity index (χ0) is 16.2. The third kappa shape index (κ3) is 4.09. The van der Waals surface area contributed by atoms with Gasteiger partial charge in [-0.15, -0.1) is 0 Å². The number of benzene rings is 2. The summed E-state index contributed by atoms with van der Waals surface area (Å²) >= 11 is 3.38. The van der Waals surface area contributed by atoms with Crippen LogP contribution in [0.15, 0.2) is 57.9 Å². The lowest BCUT2D eigenvalue weighted by atomic mass is 10.1. The minimum Gasteiger partial charge on any atom is -0.497 e. The molecule has 4 nitrogen and oxygen atoms in total. The van der Waals surface area contributed by atoms with Gasteiger partial charge in [0.05, 0.1) is 12.0 Å². The molecule has 1 atom stereocenters. The number of rotatable bonds is 6. The summed E-state index contributed by atoms with van der Waals surface area (Å²) in [5, 5.41) is 0. The predicted octanol–water partition coefficient (Wildman–Crippen LogP) is 3.89. The van der Waals surface area contributed by atoms with Gasteiger partial charge in [-0.05, 0) is 48.4 Å². The summed E-state index contributed by atoms with van der Waals surface area (Å²) in [5.74, 6) is 0.624. The molecule has 22 heavy (non-hydrogen) atoms. The van der Waals surface area contributed by atoms with Crippen molar-refractivity contribution in [2.24, 2.45) is 0 Å². The van der Waals surface area contributed by atoms with Gasteiger partial charge in [0, 0.05) is 10.5 Å². The Bertz CT molecular complexity index is 712. The molecule has 0 spiro atoms. The molecule has 0 fully saturated rings. The first-order chi connectivity index (χ1) is 10.5. The van der Waals surface area contributed by atoms with Crippen LogP contribution in [0.5, 0.6) is 5.75 Å². The summed E-state index contributed by atoms with van der Waals surface area (Å²) in [4.78, 5) is 0.226. The second-order valence-corrected chi connectivity index (χ2v) is 7.44. The van der Waals surface area contributed by atoms with Gasteiger partial charge in [-0.3, -0.25) is 0 Å². The van der Waals surface area contributed by atoms with Crippen LogP contribution in [-0.2, 0) is 10.0 Å². The third-order valence-electron chi connectivity index (χ3n) is 3.35. The van der Waals surface area contributed by atoms with Crippen molar-refractivity contribution in [3.05, 3.63) is 58.6 Å². The van der Waals surface area contributed by atoms with E-state index >= 15 is 0 Å². The van der Waals surface area contributed by atoms with Crippen molar-refractivity contribution in [3.63, 3.8) is 0 Å². The molecule has 0 aliphatic carbocycles. The van der Waals surface area contributed by atoms with Crippen molar-refractivity contribution in [1.29, 1.82) is 0 Å². The Morgan fingerprint density at radius 1 is 1.09 bits per heavy atom. The van der Waals surface area contributed by atoms with Gasteiger partial charge in [-0.1, -0.05) is 35.0 Å². The molecule has 0 aliphatic rings. The van der Waals surface area contributed by atoms with E-state index in [4.69, 9.17) is 4.74 Å². The smallest absolute Gasteiger partial charge is 0.241 e. The molecule has 118 valence electrons. The summed E-state index contributed by atoms with van der Waals surface area (Å²) < 4.78 is 33.7. The van der Waals surface area contributed by atoms with E-state index in [1.807, 2.05) is 31.2 Å². The van der Waals surface area contributed by atoms with Gasteiger partial charge >= 0.3 is 0 Å². The summed E-state index contributed by atoms with van der Waals surface area (Å²) in [6.07, 6.45) is 0.664. The number of methoxy groups -OCH3 is 1. The monoisotopic (exact) mass is 383 g/mol. The van der Waals surface area contributed by atoms with E-state index in [2.05, 4.69) is 20.7 Å². The van der Waals surface area contributed by atoms with Crippen LogP contribution < -0.4 is 9.46 Å². The fraction of sp³-hybridized carbons (Fsp3) is 0.250. The summed E-state index contributed by atoms with van der Waals surface area (Å²) in [7, 11) is -2.03. The summed E-state index contributed by atoms with van der Waals surface area (Å²) in [5.41, 5.74) is 0.933. The molecule has 0 amide bonds. The van der Waals surface area contributed by atoms with E-state index in [9.17, 15) is 8.42 Å². The number of sulfonamides is 1. The van der Waals surface area contributed by atoms with E-state index in [1.165, 1.54) is 12.1 Å². The van der Waals surface area contributed by atoms with E-state index in [0.717, 1.165) is 10.0 Å². The van der Waals surface area contributed by atoms with Gasteiger partial charge in [0.15, 0.2) is 0 Å². The van der Waals surface area contributed by atoms with Crippen molar-refractivity contribution in [3.8, 4) is 5.75 Å². The van der Waals surface area contributed by atoms with Crippen molar-refractivity contribution in [2.45, 2.75) is 24.3 Å².